The first kappa shape index (κ1) is 14.2. The van der Waals surface area contributed by atoms with E-state index in [0.717, 1.165) is 6.07 Å². The van der Waals surface area contributed by atoms with Crippen LogP contribution in [0.25, 0.3) is 0 Å². The number of halogens is 3. The Morgan fingerprint density at radius 3 is 2.33 bits per heavy atom. The first-order valence-corrected chi connectivity index (χ1v) is 6.91. The normalized spacial score (nSPS) is 13.1. The number of benzene rings is 2. The maximum absolute atomic E-state index is 13.9. The van der Waals surface area contributed by atoms with Crippen molar-refractivity contribution in [3.8, 4) is 11.5 Å². The molecule has 0 fully saturated rings. The van der Waals surface area contributed by atoms with Crippen LogP contribution in [0.1, 0.15) is 15.9 Å². The molecule has 1 heterocycles. The largest absolute Gasteiger partial charge is 0.486 e. The van der Waals surface area contributed by atoms with Gasteiger partial charge in [-0.25, -0.2) is 4.39 Å². The molecule has 0 unspecified atom stereocenters. The minimum atomic E-state index is -0.696. The lowest BCUT2D eigenvalue weighted by atomic mass is 10.0. The highest BCUT2D eigenvalue weighted by molar-refractivity contribution is 6.35. The van der Waals surface area contributed by atoms with Crippen molar-refractivity contribution >= 4 is 29.0 Å². The molecule has 0 saturated heterocycles. The van der Waals surface area contributed by atoms with E-state index < -0.39 is 11.6 Å². The molecule has 0 radical (unpaired) electrons. The van der Waals surface area contributed by atoms with E-state index in [0.29, 0.717) is 24.7 Å². The summed E-state index contributed by atoms with van der Waals surface area (Å²) in [4.78, 5) is 12.4. The van der Waals surface area contributed by atoms with Gasteiger partial charge in [0.2, 0.25) is 0 Å². The van der Waals surface area contributed by atoms with Gasteiger partial charge in [-0.15, -0.1) is 0 Å². The van der Waals surface area contributed by atoms with Crippen LogP contribution >= 0.6 is 23.2 Å². The first-order chi connectivity index (χ1) is 10.1. The van der Waals surface area contributed by atoms with Gasteiger partial charge in [0.1, 0.15) is 19.0 Å². The summed E-state index contributed by atoms with van der Waals surface area (Å²) in [5.41, 5.74) is 0.0557. The molecule has 0 bridgehead atoms. The summed E-state index contributed by atoms with van der Waals surface area (Å²) in [5, 5.41) is 0.399. The van der Waals surface area contributed by atoms with Crippen molar-refractivity contribution in [2.45, 2.75) is 0 Å². The van der Waals surface area contributed by atoms with Crippen molar-refractivity contribution < 1.29 is 18.7 Å². The average Bonchev–Trinajstić information content (AvgIpc) is 2.46. The molecular weight excluding hydrogens is 318 g/mol. The van der Waals surface area contributed by atoms with Crippen molar-refractivity contribution in [2.24, 2.45) is 0 Å². The number of ketones is 1. The summed E-state index contributed by atoms with van der Waals surface area (Å²) >= 11 is 11.8. The SMILES string of the molecule is O=C(c1ccc(Cl)cc1F)c1cc2c(cc1Cl)OCCO2. The number of carbonyl (C=O) groups is 1. The Kier molecular flexibility index (Phi) is 3.74. The zero-order chi connectivity index (χ0) is 15.0. The monoisotopic (exact) mass is 326 g/mol. The number of rotatable bonds is 2. The fourth-order valence-corrected chi connectivity index (χ4v) is 2.45. The Balaban J connectivity index is 2.05. The van der Waals surface area contributed by atoms with Crippen LogP contribution in [-0.4, -0.2) is 19.0 Å². The Morgan fingerprint density at radius 1 is 1.00 bits per heavy atom. The zero-order valence-electron chi connectivity index (χ0n) is 10.7. The number of ether oxygens (including phenoxy) is 2. The molecule has 0 atom stereocenters. The third-order valence-corrected chi connectivity index (χ3v) is 3.60. The van der Waals surface area contributed by atoms with Gasteiger partial charge in [0.25, 0.3) is 0 Å². The lowest BCUT2D eigenvalue weighted by molar-refractivity contribution is 0.103. The molecule has 2 aromatic rings. The molecule has 3 rings (SSSR count). The van der Waals surface area contributed by atoms with Gasteiger partial charge in [-0.1, -0.05) is 23.2 Å². The zero-order valence-corrected chi connectivity index (χ0v) is 12.2. The molecule has 0 amide bonds. The summed E-state index contributed by atoms with van der Waals surface area (Å²) in [5.74, 6) is -0.340. The van der Waals surface area contributed by atoms with E-state index in [1.165, 1.54) is 24.3 Å². The third kappa shape index (κ3) is 2.69. The molecule has 6 heteroatoms. The molecule has 1 aliphatic heterocycles. The Bertz CT molecular complexity index is 731. The van der Waals surface area contributed by atoms with Crippen LogP contribution < -0.4 is 9.47 Å². The fourth-order valence-electron chi connectivity index (χ4n) is 2.06. The average molecular weight is 327 g/mol. The smallest absolute Gasteiger partial charge is 0.197 e. The van der Waals surface area contributed by atoms with Gasteiger partial charge in [-0.05, 0) is 24.3 Å². The highest BCUT2D eigenvalue weighted by Gasteiger charge is 2.22. The topological polar surface area (TPSA) is 35.5 Å². The third-order valence-electron chi connectivity index (χ3n) is 3.05. The molecule has 0 saturated carbocycles. The van der Waals surface area contributed by atoms with Crippen LogP contribution in [0, 0.1) is 5.82 Å². The maximum Gasteiger partial charge on any atom is 0.197 e. The lowest BCUT2D eigenvalue weighted by Gasteiger charge is -2.19. The van der Waals surface area contributed by atoms with Gasteiger partial charge in [0.05, 0.1) is 10.6 Å². The van der Waals surface area contributed by atoms with Crippen LogP contribution in [0.15, 0.2) is 30.3 Å². The molecule has 0 spiro atoms. The number of fused-ring (bicyclic) bond motifs is 1. The number of hydrogen-bond donors (Lipinski definition) is 0. The second kappa shape index (κ2) is 5.54. The highest BCUT2D eigenvalue weighted by Crippen LogP contribution is 2.36. The van der Waals surface area contributed by atoms with Crippen molar-refractivity contribution in [1.29, 1.82) is 0 Å². The molecular formula is C15H9Cl2FO3. The van der Waals surface area contributed by atoms with Gasteiger partial charge in [0.15, 0.2) is 17.3 Å². The second-order valence-corrected chi connectivity index (χ2v) is 5.27. The Labute approximate surface area is 130 Å². The molecule has 2 aromatic carbocycles. The molecule has 0 aliphatic carbocycles. The van der Waals surface area contributed by atoms with Gasteiger partial charge >= 0.3 is 0 Å². The standard InChI is InChI=1S/C15H9Cl2FO3/c16-8-1-2-9(12(18)5-8)15(19)10-6-13-14(7-11(10)17)21-4-3-20-13/h1-2,5-7H,3-4H2. The van der Waals surface area contributed by atoms with Crippen molar-refractivity contribution in [3.05, 3.63) is 57.3 Å². The summed E-state index contributed by atoms with van der Waals surface area (Å²) in [6.45, 7) is 0.806. The van der Waals surface area contributed by atoms with Crippen LogP contribution in [0.4, 0.5) is 4.39 Å². The van der Waals surface area contributed by atoms with Crippen LogP contribution in [0.5, 0.6) is 11.5 Å². The highest BCUT2D eigenvalue weighted by atomic mass is 35.5. The van der Waals surface area contributed by atoms with Gasteiger partial charge in [-0.3, -0.25) is 4.79 Å². The van der Waals surface area contributed by atoms with E-state index in [9.17, 15) is 9.18 Å². The van der Waals surface area contributed by atoms with E-state index in [1.54, 1.807) is 0 Å². The van der Waals surface area contributed by atoms with Gasteiger partial charge in [-0.2, -0.15) is 0 Å². The molecule has 0 N–H and O–H groups in total. The van der Waals surface area contributed by atoms with Crippen molar-refractivity contribution in [2.75, 3.05) is 13.2 Å². The minimum absolute atomic E-state index is 0.0991. The van der Waals surface area contributed by atoms with Crippen molar-refractivity contribution in [3.63, 3.8) is 0 Å². The molecule has 1 aliphatic rings. The summed E-state index contributed by atoms with van der Waals surface area (Å²) in [6.07, 6.45) is 0. The summed E-state index contributed by atoms with van der Waals surface area (Å²) in [6, 6.07) is 6.82. The van der Waals surface area contributed by atoms with Crippen LogP contribution in [-0.2, 0) is 0 Å². The number of hydrogen-bond acceptors (Lipinski definition) is 3. The maximum atomic E-state index is 13.9. The lowest BCUT2D eigenvalue weighted by Crippen LogP contribution is -2.16. The van der Waals surface area contributed by atoms with E-state index in [-0.39, 0.29) is 21.2 Å². The predicted octanol–water partition coefficient (Wildman–Crippen LogP) is 4.13. The Hall–Kier alpha value is -1.78. The molecule has 3 nitrogen and oxygen atoms in total. The molecule has 0 aromatic heterocycles. The summed E-state index contributed by atoms with van der Waals surface area (Å²) < 4.78 is 24.6. The van der Waals surface area contributed by atoms with Gasteiger partial charge < -0.3 is 9.47 Å². The van der Waals surface area contributed by atoms with Gasteiger partial charge in [0, 0.05) is 16.7 Å². The molecule has 21 heavy (non-hydrogen) atoms. The predicted molar refractivity (Wildman–Crippen MR) is 77.3 cm³/mol. The fraction of sp³-hybridized carbons (Fsp3) is 0.133. The number of carbonyl (C=O) groups excluding carboxylic acids is 1. The van der Waals surface area contributed by atoms with E-state index in [1.807, 2.05) is 0 Å². The van der Waals surface area contributed by atoms with Crippen molar-refractivity contribution in [1.82, 2.24) is 0 Å². The van der Waals surface area contributed by atoms with E-state index in [4.69, 9.17) is 32.7 Å². The quantitative estimate of drug-likeness (QED) is 0.778. The van der Waals surface area contributed by atoms with E-state index in [2.05, 4.69) is 0 Å². The van der Waals surface area contributed by atoms with Crippen LogP contribution in [0.3, 0.4) is 0 Å². The summed E-state index contributed by atoms with van der Waals surface area (Å²) in [7, 11) is 0. The Morgan fingerprint density at radius 2 is 1.67 bits per heavy atom. The first-order valence-electron chi connectivity index (χ1n) is 6.15. The minimum Gasteiger partial charge on any atom is -0.486 e. The van der Waals surface area contributed by atoms with E-state index >= 15 is 0 Å². The second-order valence-electron chi connectivity index (χ2n) is 4.43. The molecule has 108 valence electrons. The van der Waals surface area contributed by atoms with Crippen LogP contribution in [0.2, 0.25) is 10.0 Å².